The molecule has 2 heterocycles. The first-order valence-corrected chi connectivity index (χ1v) is 6.28. The van der Waals surface area contributed by atoms with Crippen molar-refractivity contribution in [1.82, 2.24) is 14.7 Å². The summed E-state index contributed by atoms with van der Waals surface area (Å²) in [7, 11) is 0. The minimum atomic E-state index is 0.615. The molecule has 1 saturated heterocycles. The number of aromatic nitrogens is 2. The zero-order valence-electron chi connectivity index (χ0n) is 10.1. The number of nitrogens with two attached hydrogens (primary N) is 1. The highest BCUT2D eigenvalue weighted by molar-refractivity contribution is 5.23. The summed E-state index contributed by atoms with van der Waals surface area (Å²) in [5.41, 5.74) is 5.59. The molecule has 1 aromatic rings. The molecule has 1 unspecified atom stereocenters. The summed E-state index contributed by atoms with van der Waals surface area (Å²) in [4.78, 5) is 2.57. The molecule has 0 bridgehead atoms. The molecule has 1 atom stereocenters. The number of nitrogen functional groups attached to an aromatic ring is 1. The highest BCUT2D eigenvalue weighted by atomic mass is 15.3. The summed E-state index contributed by atoms with van der Waals surface area (Å²) in [5.74, 6) is 0.615. The van der Waals surface area contributed by atoms with Crippen molar-refractivity contribution >= 4 is 5.82 Å². The van der Waals surface area contributed by atoms with E-state index in [2.05, 4.69) is 16.9 Å². The van der Waals surface area contributed by atoms with Crippen LogP contribution in [-0.4, -0.2) is 33.8 Å². The molecule has 1 fully saturated rings. The lowest BCUT2D eigenvalue weighted by Gasteiger charge is -2.26. The zero-order chi connectivity index (χ0) is 11.4. The molecule has 4 heteroatoms. The molecule has 0 saturated carbocycles. The SMILES string of the molecule is CC1CCCCCN1CCn1ccc(N)n1. The smallest absolute Gasteiger partial charge is 0.145 e. The second-order valence-electron chi connectivity index (χ2n) is 4.74. The Morgan fingerprint density at radius 2 is 2.25 bits per heavy atom. The second-order valence-corrected chi connectivity index (χ2v) is 4.74. The van der Waals surface area contributed by atoms with Gasteiger partial charge in [-0.1, -0.05) is 12.8 Å². The first-order valence-electron chi connectivity index (χ1n) is 6.28. The monoisotopic (exact) mass is 222 g/mol. The van der Waals surface area contributed by atoms with Crippen LogP contribution in [0.3, 0.4) is 0 Å². The van der Waals surface area contributed by atoms with Crippen LogP contribution in [-0.2, 0) is 6.54 Å². The number of rotatable bonds is 3. The van der Waals surface area contributed by atoms with Gasteiger partial charge in [-0.05, 0) is 32.4 Å². The van der Waals surface area contributed by atoms with Crippen LogP contribution in [0.2, 0.25) is 0 Å². The Morgan fingerprint density at radius 1 is 1.38 bits per heavy atom. The van der Waals surface area contributed by atoms with Crippen molar-refractivity contribution in [3.63, 3.8) is 0 Å². The third-order valence-corrected chi connectivity index (χ3v) is 3.47. The van der Waals surface area contributed by atoms with E-state index in [1.54, 1.807) is 0 Å². The largest absolute Gasteiger partial charge is 0.382 e. The molecule has 2 N–H and O–H groups in total. The molecule has 2 rings (SSSR count). The highest BCUT2D eigenvalue weighted by Gasteiger charge is 2.16. The van der Waals surface area contributed by atoms with E-state index in [4.69, 9.17) is 5.73 Å². The maximum Gasteiger partial charge on any atom is 0.145 e. The summed E-state index contributed by atoms with van der Waals surface area (Å²) in [6.07, 6.45) is 7.40. The fraction of sp³-hybridized carbons (Fsp3) is 0.750. The Kier molecular flexibility index (Phi) is 3.83. The van der Waals surface area contributed by atoms with Gasteiger partial charge in [-0.25, -0.2) is 0 Å². The van der Waals surface area contributed by atoms with Crippen LogP contribution in [0.4, 0.5) is 5.82 Å². The fourth-order valence-electron chi connectivity index (χ4n) is 2.40. The molecule has 1 aliphatic rings. The van der Waals surface area contributed by atoms with Crippen molar-refractivity contribution < 1.29 is 0 Å². The van der Waals surface area contributed by atoms with Gasteiger partial charge in [0.25, 0.3) is 0 Å². The predicted molar refractivity (Wildman–Crippen MR) is 66.1 cm³/mol. The van der Waals surface area contributed by atoms with Gasteiger partial charge in [0, 0.05) is 18.8 Å². The van der Waals surface area contributed by atoms with Gasteiger partial charge in [0.1, 0.15) is 5.82 Å². The maximum atomic E-state index is 5.59. The molecule has 16 heavy (non-hydrogen) atoms. The lowest BCUT2D eigenvalue weighted by Crippen LogP contribution is -2.35. The summed E-state index contributed by atoms with van der Waals surface area (Å²) in [5, 5.41) is 4.21. The minimum absolute atomic E-state index is 0.615. The van der Waals surface area contributed by atoms with Gasteiger partial charge < -0.3 is 5.73 Å². The first-order chi connectivity index (χ1) is 7.75. The molecule has 90 valence electrons. The Morgan fingerprint density at radius 3 is 3.00 bits per heavy atom. The van der Waals surface area contributed by atoms with Crippen LogP contribution >= 0.6 is 0 Å². The van der Waals surface area contributed by atoms with Crippen LogP contribution < -0.4 is 5.73 Å². The maximum absolute atomic E-state index is 5.59. The topological polar surface area (TPSA) is 47.1 Å². The molecule has 1 aromatic heterocycles. The lowest BCUT2D eigenvalue weighted by molar-refractivity contribution is 0.203. The van der Waals surface area contributed by atoms with Crippen LogP contribution in [0.1, 0.15) is 32.6 Å². The molecule has 0 spiro atoms. The number of nitrogens with zero attached hydrogens (tertiary/aromatic N) is 3. The second kappa shape index (κ2) is 5.34. The first kappa shape index (κ1) is 11.5. The van der Waals surface area contributed by atoms with Crippen molar-refractivity contribution in [2.24, 2.45) is 0 Å². The molecule has 0 aromatic carbocycles. The van der Waals surface area contributed by atoms with Gasteiger partial charge in [-0.3, -0.25) is 9.58 Å². The number of likely N-dealkylation sites (tertiary alicyclic amines) is 1. The van der Waals surface area contributed by atoms with Crippen molar-refractivity contribution in [1.29, 1.82) is 0 Å². The van der Waals surface area contributed by atoms with Gasteiger partial charge in [-0.2, -0.15) is 5.10 Å². The molecule has 0 aliphatic carbocycles. The van der Waals surface area contributed by atoms with Crippen LogP contribution in [0, 0.1) is 0 Å². The molecule has 0 radical (unpaired) electrons. The van der Waals surface area contributed by atoms with E-state index in [0.717, 1.165) is 19.1 Å². The summed E-state index contributed by atoms with van der Waals surface area (Å²) < 4.78 is 1.94. The van der Waals surface area contributed by atoms with E-state index in [9.17, 15) is 0 Å². The van der Waals surface area contributed by atoms with E-state index < -0.39 is 0 Å². The average molecular weight is 222 g/mol. The molecular weight excluding hydrogens is 200 g/mol. The van der Waals surface area contributed by atoms with Crippen LogP contribution in [0.25, 0.3) is 0 Å². The standard InChI is InChI=1S/C12H22N4/c1-11-5-3-2-4-7-15(11)9-10-16-8-6-12(13)14-16/h6,8,11H,2-5,7,9-10H2,1H3,(H2,13,14). The van der Waals surface area contributed by atoms with E-state index in [-0.39, 0.29) is 0 Å². The molecule has 1 aliphatic heterocycles. The van der Waals surface area contributed by atoms with Crippen molar-refractivity contribution in [3.8, 4) is 0 Å². The third kappa shape index (κ3) is 2.98. The normalized spacial score (nSPS) is 23.2. The van der Waals surface area contributed by atoms with E-state index in [1.165, 1.54) is 32.2 Å². The highest BCUT2D eigenvalue weighted by Crippen LogP contribution is 2.15. The Bertz CT molecular complexity index is 321. The van der Waals surface area contributed by atoms with Gasteiger partial charge >= 0.3 is 0 Å². The predicted octanol–water partition coefficient (Wildman–Crippen LogP) is 1.73. The fourth-order valence-corrected chi connectivity index (χ4v) is 2.40. The number of hydrogen-bond acceptors (Lipinski definition) is 3. The summed E-state index contributed by atoms with van der Waals surface area (Å²) in [6.45, 7) is 5.60. The van der Waals surface area contributed by atoms with Crippen LogP contribution in [0.15, 0.2) is 12.3 Å². The van der Waals surface area contributed by atoms with Gasteiger partial charge in [-0.15, -0.1) is 0 Å². The lowest BCUT2D eigenvalue weighted by atomic mass is 10.1. The van der Waals surface area contributed by atoms with Gasteiger partial charge in [0.15, 0.2) is 0 Å². The third-order valence-electron chi connectivity index (χ3n) is 3.47. The summed E-state index contributed by atoms with van der Waals surface area (Å²) in [6, 6.07) is 2.57. The average Bonchev–Trinajstić information content (AvgIpc) is 2.56. The van der Waals surface area contributed by atoms with Crippen molar-refractivity contribution in [2.45, 2.75) is 45.2 Å². The number of anilines is 1. The zero-order valence-corrected chi connectivity index (χ0v) is 10.1. The number of hydrogen-bond donors (Lipinski definition) is 1. The molecule has 4 nitrogen and oxygen atoms in total. The Labute approximate surface area is 97.4 Å². The summed E-state index contributed by atoms with van der Waals surface area (Å²) >= 11 is 0. The Balaban J connectivity index is 1.83. The van der Waals surface area contributed by atoms with Gasteiger partial charge in [0.2, 0.25) is 0 Å². The van der Waals surface area contributed by atoms with E-state index in [0.29, 0.717) is 5.82 Å². The molecular formula is C12H22N4. The minimum Gasteiger partial charge on any atom is -0.382 e. The van der Waals surface area contributed by atoms with Gasteiger partial charge in [0.05, 0.1) is 6.54 Å². The Hall–Kier alpha value is -1.03. The molecule has 0 amide bonds. The van der Waals surface area contributed by atoms with Crippen LogP contribution in [0.5, 0.6) is 0 Å². The van der Waals surface area contributed by atoms with Crippen molar-refractivity contribution in [2.75, 3.05) is 18.8 Å². The van der Waals surface area contributed by atoms with E-state index >= 15 is 0 Å². The van der Waals surface area contributed by atoms with Crippen molar-refractivity contribution in [3.05, 3.63) is 12.3 Å². The van der Waals surface area contributed by atoms with E-state index in [1.807, 2.05) is 16.9 Å². The quantitative estimate of drug-likeness (QED) is 0.847.